The number of aliphatic hydroxyl groups is 1. The summed E-state index contributed by atoms with van der Waals surface area (Å²) in [6.45, 7) is 6.05. The normalized spacial score (nSPS) is 22.7. The Kier molecular flexibility index (Phi) is 13.7. The van der Waals surface area contributed by atoms with Crippen LogP contribution in [-0.2, 0) is 19.6 Å². The van der Waals surface area contributed by atoms with Crippen LogP contribution in [0.25, 0.3) is 0 Å². The number of ether oxygens (including phenoxy) is 3. The molecule has 2 aromatic rings. The SMILES string of the molecule is COc1ccc(S(=O)(=O)N(C)C[C@@H]2OCCCC[C@H](C)Oc3ccc(NC(=O)C4CCCCC4)cc3C(=O)N([C@H](C)CO)C[C@@H]2C)cc1. The first-order chi connectivity index (χ1) is 22.9. The molecule has 0 spiro atoms. The molecule has 1 fully saturated rings. The number of amides is 2. The first kappa shape index (κ1) is 37.6. The number of anilines is 1. The molecular weight excluding hydrogens is 634 g/mol. The number of carbonyl (C=O) groups is 2. The Morgan fingerprint density at radius 3 is 2.42 bits per heavy atom. The van der Waals surface area contributed by atoms with Crippen molar-refractivity contribution < 1.29 is 37.3 Å². The average molecular weight is 688 g/mol. The fraction of sp³-hybridized carbons (Fsp3) is 0.611. The van der Waals surface area contributed by atoms with Gasteiger partial charge in [-0.05, 0) is 88.4 Å². The van der Waals surface area contributed by atoms with E-state index in [1.54, 1.807) is 42.2 Å². The minimum absolute atomic E-state index is 0.0415. The van der Waals surface area contributed by atoms with Gasteiger partial charge in [0, 0.05) is 44.3 Å². The summed E-state index contributed by atoms with van der Waals surface area (Å²) in [5.74, 6) is 0.227. The van der Waals surface area contributed by atoms with E-state index >= 15 is 0 Å². The van der Waals surface area contributed by atoms with E-state index in [0.717, 1.165) is 51.4 Å². The topological polar surface area (TPSA) is 135 Å². The zero-order chi connectivity index (χ0) is 34.8. The molecule has 1 heterocycles. The average Bonchev–Trinajstić information content (AvgIpc) is 3.09. The molecule has 4 atom stereocenters. The van der Waals surface area contributed by atoms with Crippen molar-refractivity contribution in [2.75, 3.05) is 45.8 Å². The van der Waals surface area contributed by atoms with Gasteiger partial charge in [-0.1, -0.05) is 26.2 Å². The number of fused-ring (bicyclic) bond motifs is 1. The highest BCUT2D eigenvalue weighted by atomic mass is 32.2. The van der Waals surface area contributed by atoms with E-state index in [2.05, 4.69) is 5.32 Å². The number of carbonyl (C=O) groups excluding carboxylic acids is 2. The van der Waals surface area contributed by atoms with Crippen molar-refractivity contribution in [1.82, 2.24) is 9.21 Å². The number of rotatable bonds is 9. The van der Waals surface area contributed by atoms with Crippen LogP contribution in [0, 0.1) is 11.8 Å². The van der Waals surface area contributed by atoms with E-state index < -0.39 is 22.2 Å². The number of hydrogen-bond donors (Lipinski definition) is 2. The third-order valence-electron chi connectivity index (χ3n) is 9.50. The Hall–Kier alpha value is -3.19. The Morgan fingerprint density at radius 1 is 1.06 bits per heavy atom. The quantitative estimate of drug-likeness (QED) is 0.362. The first-order valence-electron chi connectivity index (χ1n) is 17.2. The van der Waals surface area contributed by atoms with E-state index in [4.69, 9.17) is 14.2 Å². The van der Waals surface area contributed by atoms with Crippen LogP contribution in [0.15, 0.2) is 47.4 Å². The molecule has 4 rings (SSSR count). The molecule has 2 aromatic carbocycles. The molecule has 1 aliphatic carbocycles. The largest absolute Gasteiger partial charge is 0.497 e. The lowest BCUT2D eigenvalue weighted by Gasteiger charge is -2.35. The molecule has 2 amide bonds. The molecule has 12 heteroatoms. The summed E-state index contributed by atoms with van der Waals surface area (Å²) < 4.78 is 46.1. The minimum atomic E-state index is -3.84. The van der Waals surface area contributed by atoms with Crippen molar-refractivity contribution >= 4 is 27.5 Å². The van der Waals surface area contributed by atoms with Crippen LogP contribution in [0.4, 0.5) is 5.69 Å². The van der Waals surface area contributed by atoms with Gasteiger partial charge in [-0.25, -0.2) is 8.42 Å². The maximum absolute atomic E-state index is 14.4. The summed E-state index contributed by atoms with van der Waals surface area (Å²) in [5, 5.41) is 13.3. The maximum atomic E-state index is 14.4. The second kappa shape index (κ2) is 17.5. The van der Waals surface area contributed by atoms with E-state index in [9.17, 15) is 23.1 Å². The summed E-state index contributed by atoms with van der Waals surface area (Å²) in [5.41, 5.74) is 0.816. The number of methoxy groups -OCH3 is 1. The van der Waals surface area contributed by atoms with Crippen LogP contribution in [0.2, 0.25) is 0 Å². The van der Waals surface area contributed by atoms with Gasteiger partial charge in [0.15, 0.2) is 0 Å². The number of hydrogen-bond acceptors (Lipinski definition) is 8. The molecule has 266 valence electrons. The Morgan fingerprint density at radius 2 is 1.75 bits per heavy atom. The lowest BCUT2D eigenvalue weighted by molar-refractivity contribution is -0.120. The van der Waals surface area contributed by atoms with Gasteiger partial charge in [0.1, 0.15) is 11.5 Å². The van der Waals surface area contributed by atoms with Crippen LogP contribution in [0.1, 0.15) is 82.5 Å². The number of benzene rings is 2. The third-order valence-corrected chi connectivity index (χ3v) is 11.3. The zero-order valence-electron chi connectivity index (χ0n) is 29.0. The predicted octanol–water partition coefficient (Wildman–Crippen LogP) is 5.33. The molecule has 1 aliphatic heterocycles. The van der Waals surface area contributed by atoms with Gasteiger partial charge in [0.25, 0.3) is 5.91 Å². The van der Waals surface area contributed by atoms with Crippen LogP contribution in [0.5, 0.6) is 11.5 Å². The van der Waals surface area contributed by atoms with Gasteiger partial charge in [-0.15, -0.1) is 0 Å². The number of nitrogens with zero attached hydrogens (tertiary/aromatic N) is 2. The van der Waals surface area contributed by atoms with Crippen molar-refractivity contribution in [1.29, 1.82) is 0 Å². The standard InChI is InChI=1S/C36H53N3O8S/c1-25-22-39(26(2)24-40)36(42)32-21-29(37-35(41)28-12-7-6-8-13-28)14-19-33(32)47-27(3)11-9-10-20-46-34(25)23-38(4)48(43,44)31-17-15-30(45-5)16-18-31/h14-19,21,25-28,34,40H,6-13,20,22-24H2,1-5H3,(H,37,41)/t25-,26+,27-,34-/m0/s1. The molecular formula is C36H53N3O8S. The summed E-state index contributed by atoms with van der Waals surface area (Å²) in [4.78, 5) is 29.2. The molecule has 0 radical (unpaired) electrons. The fourth-order valence-electron chi connectivity index (χ4n) is 6.35. The summed E-state index contributed by atoms with van der Waals surface area (Å²) in [7, 11) is -0.788. The Bertz CT molecular complexity index is 1460. The van der Waals surface area contributed by atoms with Crippen LogP contribution in [0.3, 0.4) is 0 Å². The predicted molar refractivity (Wildman–Crippen MR) is 185 cm³/mol. The van der Waals surface area contributed by atoms with Gasteiger partial charge in [-0.3, -0.25) is 9.59 Å². The molecule has 0 saturated heterocycles. The highest BCUT2D eigenvalue weighted by molar-refractivity contribution is 7.89. The number of aliphatic hydroxyl groups excluding tert-OH is 1. The molecule has 1 saturated carbocycles. The molecule has 0 bridgehead atoms. The van der Waals surface area contributed by atoms with Crippen molar-refractivity contribution in [3.05, 3.63) is 48.0 Å². The van der Waals surface area contributed by atoms with Gasteiger partial charge in [0.05, 0.1) is 42.4 Å². The van der Waals surface area contributed by atoms with Crippen LogP contribution in [-0.4, -0.2) is 93.3 Å². The minimum Gasteiger partial charge on any atom is -0.497 e. The first-order valence-corrected chi connectivity index (χ1v) is 18.6. The highest BCUT2D eigenvalue weighted by Gasteiger charge is 2.33. The van der Waals surface area contributed by atoms with E-state index in [0.29, 0.717) is 29.4 Å². The van der Waals surface area contributed by atoms with Gasteiger partial charge in [-0.2, -0.15) is 4.31 Å². The summed E-state index contributed by atoms with van der Waals surface area (Å²) in [6.07, 6.45) is 6.48. The monoisotopic (exact) mass is 687 g/mol. The van der Waals surface area contributed by atoms with Gasteiger partial charge < -0.3 is 29.5 Å². The summed E-state index contributed by atoms with van der Waals surface area (Å²) >= 11 is 0. The van der Waals surface area contributed by atoms with Crippen LogP contribution >= 0.6 is 0 Å². The van der Waals surface area contributed by atoms with Crippen molar-refractivity contribution in [3.63, 3.8) is 0 Å². The zero-order valence-corrected chi connectivity index (χ0v) is 29.8. The molecule has 48 heavy (non-hydrogen) atoms. The van der Waals surface area contributed by atoms with Crippen LogP contribution < -0.4 is 14.8 Å². The second-order valence-electron chi connectivity index (χ2n) is 13.3. The van der Waals surface area contributed by atoms with Crippen molar-refractivity contribution in [3.8, 4) is 11.5 Å². The molecule has 11 nitrogen and oxygen atoms in total. The lowest BCUT2D eigenvalue weighted by atomic mass is 9.88. The van der Waals surface area contributed by atoms with Crippen molar-refractivity contribution in [2.24, 2.45) is 11.8 Å². The van der Waals surface area contributed by atoms with Gasteiger partial charge >= 0.3 is 0 Å². The molecule has 0 unspecified atom stereocenters. The number of sulfonamides is 1. The number of likely N-dealkylation sites (N-methyl/N-ethyl adjacent to an activating group) is 1. The molecule has 2 aliphatic rings. The second-order valence-corrected chi connectivity index (χ2v) is 15.3. The highest BCUT2D eigenvalue weighted by Crippen LogP contribution is 2.30. The van der Waals surface area contributed by atoms with Gasteiger partial charge in [0.2, 0.25) is 15.9 Å². The molecule has 2 N–H and O–H groups in total. The Labute approximate surface area is 286 Å². The maximum Gasteiger partial charge on any atom is 0.258 e. The van der Waals surface area contributed by atoms with E-state index in [1.165, 1.54) is 30.6 Å². The third kappa shape index (κ3) is 9.71. The summed E-state index contributed by atoms with van der Waals surface area (Å²) in [6, 6.07) is 10.9. The molecule has 0 aromatic heterocycles. The van der Waals surface area contributed by atoms with E-state index in [-0.39, 0.29) is 54.3 Å². The smallest absolute Gasteiger partial charge is 0.258 e. The Balaban J connectivity index is 1.62. The van der Waals surface area contributed by atoms with E-state index in [1.807, 2.05) is 13.8 Å². The van der Waals surface area contributed by atoms with Crippen molar-refractivity contribution in [2.45, 2.75) is 95.3 Å². The lowest BCUT2D eigenvalue weighted by Crippen LogP contribution is -2.48. The number of nitrogens with one attached hydrogen (secondary N) is 1. The fourth-order valence-corrected chi connectivity index (χ4v) is 7.53.